The first-order valence-corrected chi connectivity index (χ1v) is 4.87. The molecule has 1 atom stereocenters. The van der Waals surface area contributed by atoms with E-state index in [9.17, 15) is 4.79 Å². The Kier molecular flexibility index (Phi) is 6.20. The molecule has 1 N–H and O–H groups in total. The summed E-state index contributed by atoms with van der Waals surface area (Å²) in [6.07, 6.45) is 2.73. The van der Waals surface area contributed by atoms with E-state index in [0.29, 0.717) is 18.7 Å². The Morgan fingerprint density at radius 1 is 1.46 bits per heavy atom. The van der Waals surface area contributed by atoms with Crippen LogP contribution in [0.1, 0.15) is 40.0 Å². The summed E-state index contributed by atoms with van der Waals surface area (Å²) in [5, 5.41) is 7.61. The Bertz CT molecular complexity index is 178. The molecule has 0 bridgehead atoms. The molecule has 0 spiro atoms. The molecule has 0 amide bonds. The second-order valence-electron chi connectivity index (χ2n) is 3.10. The maximum absolute atomic E-state index is 11.2. The number of esters is 1. The lowest BCUT2D eigenvalue weighted by Crippen LogP contribution is -2.22. The fraction of sp³-hybridized carbons (Fsp3) is 0.800. The van der Waals surface area contributed by atoms with Gasteiger partial charge in [0.2, 0.25) is 0 Å². The molecule has 0 rings (SSSR count). The first-order valence-electron chi connectivity index (χ1n) is 4.87. The van der Waals surface area contributed by atoms with Crippen molar-refractivity contribution in [1.82, 2.24) is 0 Å². The highest BCUT2D eigenvalue weighted by Crippen LogP contribution is 2.07. The number of unbranched alkanes of at least 4 members (excludes halogenated alkanes) is 1. The van der Waals surface area contributed by atoms with Gasteiger partial charge in [-0.25, -0.2) is 0 Å². The van der Waals surface area contributed by atoms with E-state index in [1.165, 1.54) is 0 Å². The zero-order valence-corrected chi connectivity index (χ0v) is 8.72. The molecule has 0 saturated carbocycles. The molecule has 3 nitrogen and oxygen atoms in total. The van der Waals surface area contributed by atoms with E-state index in [1.54, 1.807) is 13.8 Å². The lowest BCUT2D eigenvalue weighted by Gasteiger charge is -2.11. The molecular formula is C10H19NO2. The predicted octanol–water partition coefficient (Wildman–Crippen LogP) is 2.40. The van der Waals surface area contributed by atoms with Gasteiger partial charge in [-0.15, -0.1) is 0 Å². The van der Waals surface area contributed by atoms with Crippen LogP contribution >= 0.6 is 0 Å². The minimum Gasteiger partial charge on any atom is -0.465 e. The number of nitrogens with one attached hydrogen (secondary N) is 1. The molecule has 0 aromatic carbocycles. The number of ether oxygens (including phenoxy) is 1. The summed E-state index contributed by atoms with van der Waals surface area (Å²) in [7, 11) is 0. The molecule has 0 aromatic heterocycles. The number of carbonyl (C=O) groups excluding carboxylic acids is 1. The molecule has 1 unspecified atom stereocenters. The van der Waals surface area contributed by atoms with Crippen molar-refractivity contribution in [3.63, 3.8) is 0 Å². The van der Waals surface area contributed by atoms with Gasteiger partial charge in [-0.2, -0.15) is 0 Å². The van der Waals surface area contributed by atoms with Gasteiger partial charge in [-0.1, -0.05) is 13.3 Å². The summed E-state index contributed by atoms with van der Waals surface area (Å²) < 4.78 is 4.82. The zero-order chi connectivity index (χ0) is 10.3. The Morgan fingerprint density at radius 2 is 2.08 bits per heavy atom. The summed E-state index contributed by atoms with van der Waals surface area (Å²) in [6.45, 7) is 5.98. The quantitative estimate of drug-likeness (QED) is 0.510. The molecule has 13 heavy (non-hydrogen) atoms. The van der Waals surface area contributed by atoms with E-state index in [2.05, 4.69) is 6.92 Å². The third-order valence-electron chi connectivity index (χ3n) is 1.96. The summed E-state index contributed by atoms with van der Waals surface area (Å²) in [5.41, 5.74) is 0.486. The van der Waals surface area contributed by atoms with Gasteiger partial charge >= 0.3 is 5.97 Å². The van der Waals surface area contributed by atoms with Crippen molar-refractivity contribution in [3.05, 3.63) is 0 Å². The normalized spacial score (nSPS) is 12.2. The van der Waals surface area contributed by atoms with Crippen LogP contribution in [0.2, 0.25) is 0 Å². The van der Waals surface area contributed by atoms with Crippen molar-refractivity contribution in [2.24, 2.45) is 5.92 Å². The second-order valence-corrected chi connectivity index (χ2v) is 3.10. The second kappa shape index (κ2) is 6.63. The van der Waals surface area contributed by atoms with Gasteiger partial charge in [-0.3, -0.25) is 4.79 Å². The van der Waals surface area contributed by atoms with Crippen LogP contribution in [0.4, 0.5) is 0 Å². The Hall–Kier alpha value is -0.860. The third kappa shape index (κ3) is 4.65. The highest BCUT2D eigenvalue weighted by atomic mass is 16.5. The number of hydrogen-bond donors (Lipinski definition) is 1. The van der Waals surface area contributed by atoms with E-state index in [4.69, 9.17) is 10.1 Å². The van der Waals surface area contributed by atoms with Crippen molar-refractivity contribution >= 4 is 11.7 Å². The molecule has 0 aliphatic heterocycles. The molecule has 0 fully saturated rings. The fourth-order valence-electron chi connectivity index (χ4n) is 0.993. The van der Waals surface area contributed by atoms with Crippen LogP contribution in [0.25, 0.3) is 0 Å². The van der Waals surface area contributed by atoms with Crippen LogP contribution in [0, 0.1) is 11.3 Å². The molecule has 0 radical (unpaired) electrons. The van der Waals surface area contributed by atoms with E-state index in [1.807, 2.05) is 0 Å². The van der Waals surface area contributed by atoms with Gasteiger partial charge in [0.1, 0.15) is 0 Å². The van der Waals surface area contributed by atoms with E-state index >= 15 is 0 Å². The molecular weight excluding hydrogens is 166 g/mol. The zero-order valence-electron chi connectivity index (χ0n) is 8.72. The van der Waals surface area contributed by atoms with Crippen LogP contribution in [0.15, 0.2) is 0 Å². The van der Waals surface area contributed by atoms with Crippen LogP contribution in [-0.4, -0.2) is 18.3 Å². The predicted molar refractivity (Wildman–Crippen MR) is 53.0 cm³/mol. The largest absolute Gasteiger partial charge is 0.465 e. The Labute approximate surface area is 80.0 Å². The Balaban J connectivity index is 3.87. The minimum atomic E-state index is -0.369. The standard InChI is InChI=1S/C10H19NO2/c1-4-6-7-9(11)8(3)10(12)13-5-2/h8,11H,4-7H2,1-3H3. The maximum atomic E-state index is 11.2. The number of rotatable bonds is 6. The van der Waals surface area contributed by atoms with E-state index < -0.39 is 0 Å². The molecule has 0 aliphatic carbocycles. The first-order chi connectivity index (χ1) is 6.13. The van der Waals surface area contributed by atoms with Gasteiger partial charge in [0.15, 0.2) is 0 Å². The molecule has 3 heteroatoms. The smallest absolute Gasteiger partial charge is 0.314 e. The molecule has 0 aromatic rings. The highest BCUT2D eigenvalue weighted by molar-refractivity contribution is 6.00. The first kappa shape index (κ1) is 12.1. The molecule has 76 valence electrons. The molecule has 0 saturated heterocycles. The van der Waals surface area contributed by atoms with Gasteiger partial charge < -0.3 is 10.1 Å². The van der Waals surface area contributed by atoms with Crippen molar-refractivity contribution in [2.75, 3.05) is 6.61 Å². The number of hydrogen-bond acceptors (Lipinski definition) is 3. The summed E-state index contributed by atoms with van der Waals surface area (Å²) in [4.78, 5) is 11.2. The average molecular weight is 185 g/mol. The summed E-state index contributed by atoms with van der Waals surface area (Å²) >= 11 is 0. The van der Waals surface area contributed by atoms with Crippen LogP contribution in [0.3, 0.4) is 0 Å². The highest BCUT2D eigenvalue weighted by Gasteiger charge is 2.18. The van der Waals surface area contributed by atoms with E-state index in [0.717, 1.165) is 12.8 Å². The SMILES string of the molecule is CCCCC(=N)C(C)C(=O)OCC. The van der Waals surface area contributed by atoms with Gasteiger partial charge in [-0.05, 0) is 26.7 Å². The van der Waals surface area contributed by atoms with Crippen LogP contribution in [-0.2, 0) is 9.53 Å². The lowest BCUT2D eigenvalue weighted by molar-refractivity contribution is -0.145. The van der Waals surface area contributed by atoms with Gasteiger partial charge in [0.05, 0.1) is 12.5 Å². The fourth-order valence-corrected chi connectivity index (χ4v) is 0.993. The molecule has 0 aliphatic rings. The van der Waals surface area contributed by atoms with Crippen LogP contribution in [0.5, 0.6) is 0 Å². The molecule has 0 heterocycles. The Morgan fingerprint density at radius 3 is 2.54 bits per heavy atom. The maximum Gasteiger partial charge on any atom is 0.314 e. The van der Waals surface area contributed by atoms with Crippen molar-refractivity contribution in [2.45, 2.75) is 40.0 Å². The van der Waals surface area contributed by atoms with E-state index in [-0.39, 0.29) is 11.9 Å². The minimum absolute atomic E-state index is 0.274. The lowest BCUT2D eigenvalue weighted by atomic mass is 10.0. The average Bonchev–Trinajstić information content (AvgIpc) is 2.13. The van der Waals surface area contributed by atoms with Gasteiger partial charge in [0.25, 0.3) is 0 Å². The summed E-state index contributed by atoms with van der Waals surface area (Å²) in [5.74, 6) is -0.643. The topological polar surface area (TPSA) is 50.2 Å². The monoisotopic (exact) mass is 185 g/mol. The summed E-state index contributed by atoms with van der Waals surface area (Å²) in [6, 6.07) is 0. The van der Waals surface area contributed by atoms with Crippen molar-refractivity contribution < 1.29 is 9.53 Å². The number of carbonyl (C=O) groups is 1. The van der Waals surface area contributed by atoms with Crippen molar-refractivity contribution in [3.8, 4) is 0 Å². The third-order valence-corrected chi connectivity index (χ3v) is 1.96. The van der Waals surface area contributed by atoms with Crippen LogP contribution < -0.4 is 0 Å². The van der Waals surface area contributed by atoms with Crippen molar-refractivity contribution in [1.29, 1.82) is 5.41 Å². The van der Waals surface area contributed by atoms with Gasteiger partial charge in [0, 0.05) is 5.71 Å².